The van der Waals surface area contributed by atoms with Crippen molar-refractivity contribution in [1.29, 1.82) is 0 Å². The number of amides is 2. The molecule has 0 radical (unpaired) electrons. The number of ether oxygens (including phenoxy) is 5. The number of nitrogens with one attached hydrogen (secondary N) is 2. The third kappa shape index (κ3) is 10.9. The van der Waals surface area contributed by atoms with Gasteiger partial charge in [0.2, 0.25) is 11.8 Å². The first-order chi connectivity index (χ1) is 21.9. The van der Waals surface area contributed by atoms with E-state index in [1.54, 1.807) is 6.08 Å². The highest BCUT2D eigenvalue weighted by atomic mass is 16.6. The van der Waals surface area contributed by atoms with Crippen molar-refractivity contribution < 1.29 is 38.1 Å². The van der Waals surface area contributed by atoms with Crippen molar-refractivity contribution in [3.05, 3.63) is 120 Å². The van der Waals surface area contributed by atoms with Gasteiger partial charge < -0.3 is 34.3 Å². The quantitative estimate of drug-likeness (QED) is 0.197. The smallest absolute Gasteiger partial charge is 0.325 e. The molecule has 5 atom stereocenters. The van der Waals surface area contributed by atoms with E-state index >= 15 is 0 Å². The highest BCUT2D eigenvalue weighted by Gasteiger charge is 2.46. The lowest BCUT2D eigenvalue weighted by Crippen LogP contribution is -2.58. The normalized spacial score (nSPS) is 21.2. The maximum absolute atomic E-state index is 12.6. The zero-order valence-corrected chi connectivity index (χ0v) is 25.5. The summed E-state index contributed by atoms with van der Waals surface area (Å²) in [4.78, 5) is 35.9. The molecule has 0 saturated carbocycles. The van der Waals surface area contributed by atoms with Crippen LogP contribution in [0.15, 0.2) is 103 Å². The van der Waals surface area contributed by atoms with Crippen LogP contribution >= 0.6 is 0 Å². The third-order valence-corrected chi connectivity index (χ3v) is 7.18. The Kier molecular flexibility index (Phi) is 13.3. The lowest BCUT2D eigenvalue weighted by atomic mass is 9.94. The number of hydrogen-bond acceptors (Lipinski definition) is 8. The van der Waals surface area contributed by atoms with Gasteiger partial charge in [0.15, 0.2) is 0 Å². The van der Waals surface area contributed by atoms with Crippen LogP contribution < -0.4 is 10.6 Å². The van der Waals surface area contributed by atoms with Crippen LogP contribution in [0.25, 0.3) is 0 Å². The molecule has 1 saturated heterocycles. The van der Waals surface area contributed by atoms with E-state index in [0.29, 0.717) is 13.2 Å². The zero-order chi connectivity index (χ0) is 31.9. The zero-order valence-electron chi connectivity index (χ0n) is 25.5. The molecule has 1 aliphatic rings. The van der Waals surface area contributed by atoms with Crippen molar-refractivity contribution in [2.24, 2.45) is 0 Å². The second kappa shape index (κ2) is 17.8. The van der Waals surface area contributed by atoms with E-state index in [2.05, 4.69) is 15.4 Å². The Hall–Kier alpha value is -4.35. The minimum absolute atomic E-state index is 0.285. The molecule has 4 rings (SSSR count). The molecular formula is C35H40N2O8. The Morgan fingerprint density at radius 3 is 1.69 bits per heavy atom. The number of carbonyl (C=O) groups is 3. The molecule has 0 aliphatic carbocycles. The van der Waals surface area contributed by atoms with Crippen molar-refractivity contribution >= 4 is 17.8 Å². The largest absolute Gasteiger partial charge is 0.468 e. The fourth-order valence-electron chi connectivity index (χ4n) is 4.82. The van der Waals surface area contributed by atoms with Crippen molar-refractivity contribution in [3.63, 3.8) is 0 Å². The van der Waals surface area contributed by atoms with Gasteiger partial charge in [0.1, 0.15) is 31.0 Å². The van der Waals surface area contributed by atoms with Crippen LogP contribution in [-0.2, 0) is 57.9 Å². The molecule has 238 valence electrons. The van der Waals surface area contributed by atoms with E-state index < -0.39 is 48.3 Å². The second-order valence-electron chi connectivity index (χ2n) is 10.5. The predicted molar refractivity (Wildman–Crippen MR) is 167 cm³/mol. The summed E-state index contributed by atoms with van der Waals surface area (Å²) in [6.07, 6.45) is 0.171. The predicted octanol–water partition coefficient (Wildman–Crippen LogP) is 3.49. The van der Waals surface area contributed by atoms with Gasteiger partial charge >= 0.3 is 5.97 Å². The number of methoxy groups -OCH3 is 1. The van der Waals surface area contributed by atoms with Crippen LogP contribution in [0, 0.1) is 0 Å². The van der Waals surface area contributed by atoms with Gasteiger partial charge in [-0.05, 0) is 29.7 Å². The van der Waals surface area contributed by atoms with Crippen molar-refractivity contribution in [1.82, 2.24) is 10.6 Å². The number of carbonyl (C=O) groups excluding carboxylic acids is 3. The SMILES string of the molecule is COC(=O)CNC(=O)CNC(=O)/C=C/[C@H]1O[C@@H](C)[C@@H](OCc2ccccc2)[C@@H](OCc2ccccc2)[C@@H]1OCc1ccccc1. The molecule has 0 spiro atoms. The van der Waals surface area contributed by atoms with E-state index in [1.165, 1.54) is 13.2 Å². The van der Waals surface area contributed by atoms with Gasteiger partial charge in [0.05, 0.1) is 39.6 Å². The summed E-state index contributed by atoms with van der Waals surface area (Å²) in [6.45, 7) is 2.29. The summed E-state index contributed by atoms with van der Waals surface area (Å²) in [7, 11) is 1.22. The van der Waals surface area contributed by atoms with E-state index in [0.717, 1.165) is 16.7 Å². The summed E-state index contributed by atoms with van der Waals surface area (Å²) < 4.78 is 30.4. The molecule has 2 amide bonds. The van der Waals surface area contributed by atoms with Gasteiger partial charge in [-0.15, -0.1) is 0 Å². The topological polar surface area (TPSA) is 121 Å². The molecule has 10 heteroatoms. The highest BCUT2D eigenvalue weighted by Crippen LogP contribution is 2.31. The average Bonchev–Trinajstić information content (AvgIpc) is 3.08. The summed E-state index contributed by atoms with van der Waals surface area (Å²) in [5, 5.41) is 4.88. The lowest BCUT2D eigenvalue weighted by molar-refractivity contribution is -0.251. The lowest BCUT2D eigenvalue weighted by Gasteiger charge is -2.44. The number of hydrogen-bond donors (Lipinski definition) is 2. The minimum Gasteiger partial charge on any atom is -0.468 e. The molecule has 0 aromatic heterocycles. The summed E-state index contributed by atoms with van der Waals surface area (Å²) in [6, 6.07) is 29.5. The second-order valence-corrected chi connectivity index (χ2v) is 10.5. The summed E-state index contributed by atoms with van der Waals surface area (Å²) in [5.41, 5.74) is 2.98. The van der Waals surface area contributed by atoms with E-state index in [4.69, 9.17) is 18.9 Å². The number of rotatable bonds is 15. The van der Waals surface area contributed by atoms with Crippen molar-refractivity contribution in [2.75, 3.05) is 20.2 Å². The Morgan fingerprint density at radius 1 is 0.689 bits per heavy atom. The number of benzene rings is 3. The van der Waals surface area contributed by atoms with Gasteiger partial charge in [0, 0.05) is 6.08 Å². The van der Waals surface area contributed by atoms with E-state index in [1.807, 2.05) is 97.9 Å². The fourth-order valence-corrected chi connectivity index (χ4v) is 4.82. The molecule has 1 aliphatic heterocycles. The monoisotopic (exact) mass is 616 g/mol. The van der Waals surface area contributed by atoms with Crippen molar-refractivity contribution in [2.45, 2.75) is 57.3 Å². The molecule has 10 nitrogen and oxygen atoms in total. The van der Waals surface area contributed by atoms with Gasteiger partial charge in [-0.1, -0.05) is 91.0 Å². The first-order valence-electron chi connectivity index (χ1n) is 14.8. The minimum atomic E-state index is -0.667. The molecule has 3 aromatic carbocycles. The van der Waals surface area contributed by atoms with Gasteiger partial charge in [-0.3, -0.25) is 14.4 Å². The first-order valence-corrected chi connectivity index (χ1v) is 14.8. The van der Waals surface area contributed by atoms with Crippen LogP contribution in [0.5, 0.6) is 0 Å². The van der Waals surface area contributed by atoms with Gasteiger partial charge in [0.25, 0.3) is 0 Å². The fraction of sp³-hybridized carbons (Fsp3) is 0.343. The summed E-state index contributed by atoms with van der Waals surface area (Å²) in [5.74, 6) is -1.62. The Bertz CT molecular complexity index is 1370. The molecule has 0 bridgehead atoms. The number of esters is 1. The molecule has 3 aromatic rings. The van der Waals surface area contributed by atoms with Crippen LogP contribution in [0.2, 0.25) is 0 Å². The Labute approximate surface area is 263 Å². The van der Waals surface area contributed by atoms with Crippen LogP contribution in [-0.4, -0.2) is 68.5 Å². The van der Waals surface area contributed by atoms with E-state index in [-0.39, 0.29) is 19.7 Å². The molecule has 1 heterocycles. The van der Waals surface area contributed by atoms with Crippen LogP contribution in [0.3, 0.4) is 0 Å². The standard InChI is InChI=1S/C35H40N2O8/c1-25-33(42-22-26-12-6-3-7-13-26)35(44-24-28-16-10-5-11-17-28)34(43-23-27-14-8-4-9-15-27)29(45-25)18-19-30(38)36-20-31(39)37-21-32(40)41-2/h3-19,25,29,33-35H,20-24H2,1-2H3,(H,36,38)(H,37,39)/b19-18+/t25-,29+,33+,34+,35+/m0/s1. The molecule has 0 unspecified atom stereocenters. The van der Waals surface area contributed by atoms with Crippen LogP contribution in [0.1, 0.15) is 23.6 Å². The Morgan fingerprint density at radius 2 is 1.18 bits per heavy atom. The Balaban J connectivity index is 1.52. The first kappa shape index (κ1) is 33.5. The molecule has 1 fully saturated rings. The summed E-state index contributed by atoms with van der Waals surface area (Å²) >= 11 is 0. The molecule has 45 heavy (non-hydrogen) atoms. The highest BCUT2D eigenvalue weighted by molar-refractivity contribution is 5.91. The molecule has 2 N–H and O–H groups in total. The van der Waals surface area contributed by atoms with Gasteiger partial charge in [-0.2, -0.15) is 0 Å². The average molecular weight is 617 g/mol. The van der Waals surface area contributed by atoms with E-state index in [9.17, 15) is 14.4 Å². The molecular weight excluding hydrogens is 576 g/mol. The van der Waals surface area contributed by atoms with Crippen LogP contribution in [0.4, 0.5) is 0 Å². The third-order valence-electron chi connectivity index (χ3n) is 7.18. The van der Waals surface area contributed by atoms with Gasteiger partial charge in [-0.25, -0.2) is 0 Å². The maximum Gasteiger partial charge on any atom is 0.325 e. The van der Waals surface area contributed by atoms with Crippen molar-refractivity contribution in [3.8, 4) is 0 Å². The maximum atomic E-state index is 12.6.